The van der Waals surface area contributed by atoms with Crippen molar-refractivity contribution in [1.82, 2.24) is 10.6 Å². The Labute approximate surface area is 491 Å². The number of carbonyl (C=O) groups is 4. The second kappa shape index (κ2) is 30.7. The molecule has 1 aromatic carbocycles. The lowest BCUT2D eigenvalue weighted by atomic mass is 9.74. The van der Waals surface area contributed by atoms with Gasteiger partial charge in [-0.25, -0.2) is 4.79 Å². The Kier molecular flexibility index (Phi) is 25.9. The third kappa shape index (κ3) is 18.4. The molecule has 0 aromatic heterocycles. The van der Waals surface area contributed by atoms with E-state index in [1.165, 1.54) is 41.2 Å². The summed E-state index contributed by atoms with van der Waals surface area (Å²) in [6, 6.07) is 3.05. The van der Waals surface area contributed by atoms with Crippen LogP contribution in [0.1, 0.15) is 127 Å². The van der Waals surface area contributed by atoms with Crippen molar-refractivity contribution in [3.63, 3.8) is 0 Å². The molecule has 4 aliphatic heterocycles. The van der Waals surface area contributed by atoms with Crippen molar-refractivity contribution in [2.75, 3.05) is 34.5 Å². The molecule has 25 heteroatoms. The summed E-state index contributed by atoms with van der Waals surface area (Å²) in [4.78, 5) is 64.6. The molecule has 0 saturated carbocycles. The summed E-state index contributed by atoms with van der Waals surface area (Å²) in [7, 11) is 4.17. The first-order chi connectivity index (χ1) is 38.8. The van der Waals surface area contributed by atoms with Crippen LogP contribution in [0, 0.1) is 41.4 Å². The van der Waals surface area contributed by atoms with E-state index in [1.54, 1.807) is 48.5 Å². The van der Waals surface area contributed by atoms with Crippen LogP contribution in [0.5, 0.6) is 0 Å². The number of rotatable bonds is 17. The highest BCUT2D eigenvalue weighted by atomic mass is 35.5. The maximum atomic E-state index is 15.9. The number of benzene rings is 1. The van der Waals surface area contributed by atoms with Gasteiger partial charge < -0.3 is 77.8 Å². The predicted molar refractivity (Wildman–Crippen MR) is 295 cm³/mol. The maximum Gasteiger partial charge on any atom is 0.417 e. The molecule has 1 unspecified atom stereocenters. The van der Waals surface area contributed by atoms with Crippen molar-refractivity contribution < 1.29 is 99.5 Å². The number of halogens is 4. The zero-order valence-electron chi connectivity index (χ0n) is 50.8. The Hall–Kier alpha value is -3.79. The van der Waals surface area contributed by atoms with Crippen molar-refractivity contribution in [2.45, 2.75) is 226 Å². The summed E-state index contributed by atoms with van der Waals surface area (Å²) in [6.07, 6.45) is -20.1. The first kappa shape index (κ1) is 70.0. The molecule has 4 aliphatic rings. The number of alkyl carbamates (subject to hydrolysis) is 1. The summed E-state index contributed by atoms with van der Waals surface area (Å²) in [5.41, 5.74) is -3.06. The van der Waals surface area contributed by atoms with E-state index in [1.807, 2.05) is 27.7 Å². The highest BCUT2D eigenvalue weighted by Crippen LogP contribution is 2.41. The lowest BCUT2D eigenvalue weighted by Crippen LogP contribution is -2.59. The number of alkyl halides is 3. The van der Waals surface area contributed by atoms with Gasteiger partial charge in [0, 0.05) is 70.4 Å². The molecular formula is C58H91ClF3N3O18. The van der Waals surface area contributed by atoms with Crippen LogP contribution in [0.4, 0.5) is 18.0 Å². The van der Waals surface area contributed by atoms with Crippen LogP contribution in [-0.2, 0) is 84.0 Å². The van der Waals surface area contributed by atoms with Crippen LogP contribution >= 0.6 is 11.6 Å². The van der Waals surface area contributed by atoms with E-state index in [0.717, 1.165) is 12.1 Å². The number of nitrogens with zero attached hydrogens (tertiary/aromatic N) is 1. The van der Waals surface area contributed by atoms with Gasteiger partial charge >= 0.3 is 24.2 Å². The summed E-state index contributed by atoms with van der Waals surface area (Å²) in [5.74, 6) is -8.47. The second-order valence-corrected chi connectivity index (χ2v) is 24.3. The number of aliphatic hydroxyl groups excluding tert-OH is 2. The zero-order valence-corrected chi connectivity index (χ0v) is 51.5. The fourth-order valence-electron chi connectivity index (χ4n) is 11.8. The van der Waals surface area contributed by atoms with E-state index in [0.29, 0.717) is 13.0 Å². The Morgan fingerprint density at radius 2 is 1.54 bits per heavy atom. The van der Waals surface area contributed by atoms with Gasteiger partial charge in [-0.1, -0.05) is 71.3 Å². The number of cyclic esters (lactones) is 1. The first-order valence-corrected chi connectivity index (χ1v) is 29.1. The molecule has 1 amide bonds. The molecular weight excluding hydrogens is 1120 g/mol. The number of esters is 2. The molecule has 83 heavy (non-hydrogen) atoms. The molecule has 21 nitrogen and oxygen atoms in total. The van der Waals surface area contributed by atoms with Crippen LogP contribution in [0.15, 0.2) is 23.4 Å². The Balaban J connectivity index is 1.71. The summed E-state index contributed by atoms with van der Waals surface area (Å²) in [5, 5.41) is 32.1. The Morgan fingerprint density at radius 1 is 0.867 bits per heavy atom. The normalized spacial score (nSPS) is 38.1. The largest absolute Gasteiger partial charge is 0.461 e. The number of amides is 1. The molecule has 0 radical (unpaired) electrons. The topological polar surface area (TPSA) is 256 Å². The summed E-state index contributed by atoms with van der Waals surface area (Å²) < 4.78 is 111. The minimum atomic E-state index is -4.81. The molecule has 0 spiro atoms. The van der Waals surface area contributed by atoms with E-state index in [2.05, 4.69) is 15.8 Å². The molecule has 4 N–H and O–H groups in total. The standard InChI is InChI=1S/C58H91ClF3N3O18/c1-27(2)19-42(66)79-48-34(9)47(29(4)26-75-55-51(73-15)50(72-14)44(67)37(12)78-55)81-53(70)36(11)49(80-43-20-30(5)63-24-32(7)76-43)33(8)46(82-54-45(68)41(65-74-16)21-31(6)77-54)28(3)23-57(13,52(69)35(48)10)83-56(71)64-25-38-17-18-40(59)39(22-38)58(60,61)62/h17-18,22,27-37,43-51,54-55,63,67-68H,19-21,23-26H2,1-16H3,(H,64,71)/t28-,29-,30?,31+,32-,33+,34-,35+,36+,37+,43-,44+,45+,46-,47+,48+,49-,50+,51+,54-,55+,57-/m0/s1. The van der Waals surface area contributed by atoms with Gasteiger partial charge in [0.1, 0.15) is 43.7 Å². The van der Waals surface area contributed by atoms with Crippen molar-refractivity contribution in [3.8, 4) is 0 Å². The molecule has 4 saturated heterocycles. The fraction of sp³-hybridized carbons (Fsp3) is 0.810. The first-order valence-electron chi connectivity index (χ1n) is 28.7. The zero-order chi connectivity index (χ0) is 62.0. The van der Waals surface area contributed by atoms with Crippen LogP contribution in [-0.4, -0.2) is 172 Å². The van der Waals surface area contributed by atoms with Gasteiger partial charge in [0.15, 0.2) is 30.3 Å². The molecule has 22 atom stereocenters. The van der Waals surface area contributed by atoms with E-state index in [9.17, 15) is 33.0 Å². The average molecular weight is 1210 g/mol. The number of methoxy groups -OCH3 is 2. The number of carbonyl (C=O) groups excluding carboxylic acids is 4. The number of hydrogen-bond donors (Lipinski definition) is 4. The van der Waals surface area contributed by atoms with E-state index in [-0.39, 0.29) is 55.2 Å². The van der Waals surface area contributed by atoms with Gasteiger partial charge in [0.05, 0.1) is 65.3 Å². The van der Waals surface area contributed by atoms with E-state index < -0.39 is 168 Å². The summed E-state index contributed by atoms with van der Waals surface area (Å²) in [6.45, 7) is 22.1. The number of oxime groups is 1. The van der Waals surface area contributed by atoms with Gasteiger partial charge in [-0.3, -0.25) is 14.4 Å². The van der Waals surface area contributed by atoms with Crippen LogP contribution < -0.4 is 10.6 Å². The minimum Gasteiger partial charge on any atom is -0.461 e. The molecule has 5 rings (SSSR count). The SMILES string of the molecule is CON=C1C[C@@H](C)O[C@@H](O[C@@H]2[C@@H](C)[C@H](O[C@H]3CC(C)NC[C@H](C)O3)[C@@H](C)C(=O)O[C@H]([C@@H](C)CO[C@@H]3O[C@H](C)[C@@H](O)[C@@H](OC)[C@H]3OC)[C@H](C)[C@@H](OC(=O)CC(C)C)[C@@H](C)C(=O)[C@@](C)(OC(=O)NCc3ccc(Cl)c(C(F)(F)F)c3)C[C@@H]2C)[C@@H]1O. The van der Waals surface area contributed by atoms with Crippen molar-refractivity contribution in [1.29, 1.82) is 0 Å². The highest BCUT2D eigenvalue weighted by molar-refractivity contribution is 6.31. The van der Waals surface area contributed by atoms with E-state index >= 15 is 9.59 Å². The van der Waals surface area contributed by atoms with Crippen molar-refractivity contribution >= 4 is 41.1 Å². The average Bonchev–Trinajstić information content (AvgIpc) is 3.24. The molecule has 4 fully saturated rings. The van der Waals surface area contributed by atoms with Crippen LogP contribution in [0.3, 0.4) is 0 Å². The Bertz CT molecular complexity index is 2310. The van der Waals surface area contributed by atoms with Gasteiger partial charge in [-0.2, -0.15) is 13.2 Å². The Morgan fingerprint density at radius 3 is 2.17 bits per heavy atom. The van der Waals surface area contributed by atoms with Gasteiger partial charge in [0.2, 0.25) is 0 Å². The van der Waals surface area contributed by atoms with Crippen LogP contribution in [0.2, 0.25) is 5.02 Å². The number of ether oxygens (including phenoxy) is 11. The number of aliphatic hydroxyl groups is 2. The van der Waals surface area contributed by atoms with Crippen LogP contribution in [0.25, 0.3) is 0 Å². The maximum absolute atomic E-state index is 15.9. The smallest absolute Gasteiger partial charge is 0.417 e. The predicted octanol–water partition coefficient (Wildman–Crippen LogP) is 7.54. The van der Waals surface area contributed by atoms with Gasteiger partial charge in [-0.05, 0) is 77.5 Å². The number of nitrogens with one attached hydrogen (secondary N) is 2. The third-order valence-corrected chi connectivity index (χ3v) is 16.5. The number of hydrogen-bond acceptors (Lipinski definition) is 20. The monoisotopic (exact) mass is 1210 g/mol. The molecule has 474 valence electrons. The van der Waals surface area contributed by atoms with Crippen molar-refractivity contribution in [3.05, 3.63) is 34.3 Å². The molecule has 1 aromatic rings. The summed E-state index contributed by atoms with van der Waals surface area (Å²) >= 11 is 5.91. The number of Topliss-reactive ketones (excluding diaryl/α,β-unsaturated/α-hetero) is 1. The van der Waals surface area contributed by atoms with Gasteiger partial charge in [-0.15, -0.1) is 0 Å². The lowest BCUT2D eigenvalue weighted by Gasteiger charge is -2.45. The second-order valence-electron chi connectivity index (χ2n) is 23.8. The molecule has 0 bridgehead atoms. The van der Waals surface area contributed by atoms with Gasteiger partial charge in [0.25, 0.3) is 0 Å². The lowest BCUT2D eigenvalue weighted by molar-refractivity contribution is -0.305. The van der Waals surface area contributed by atoms with E-state index in [4.69, 9.17) is 68.5 Å². The van der Waals surface area contributed by atoms with Crippen molar-refractivity contribution in [2.24, 2.45) is 46.6 Å². The highest BCUT2D eigenvalue weighted by Gasteiger charge is 2.53. The molecule has 0 aliphatic carbocycles. The quantitative estimate of drug-likeness (QED) is 0.0667. The number of ketones is 1. The minimum absolute atomic E-state index is 0.0160. The fourth-order valence-corrected chi connectivity index (χ4v) is 12.0. The molecule has 4 heterocycles. The third-order valence-electron chi connectivity index (χ3n) is 16.2.